The molecule has 0 aliphatic heterocycles. The van der Waals surface area contributed by atoms with E-state index in [9.17, 15) is 0 Å². The second-order valence-electron chi connectivity index (χ2n) is 4.37. The summed E-state index contributed by atoms with van der Waals surface area (Å²) >= 11 is 0. The molecular weight excluding hydrogens is 226 g/mol. The normalized spacial score (nSPS) is 11.1. The maximum Gasteiger partial charge on any atom is 0.0558 e. The van der Waals surface area contributed by atoms with Crippen LogP contribution in [0.5, 0.6) is 0 Å². The third kappa shape index (κ3) is 3.42. The van der Waals surface area contributed by atoms with Crippen LogP contribution in [0, 0.1) is 0 Å². The Labute approximate surface area is 107 Å². The van der Waals surface area contributed by atoms with E-state index in [0.717, 1.165) is 18.8 Å². The Kier molecular flexibility index (Phi) is 4.50. The summed E-state index contributed by atoms with van der Waals surface area (Å²) in [4.78, 5) is 2.21. The van der Waals surface area contributed by atoms with E-state index in [2.05, 4.69) is 22.1 Å². The van der Waals surface area contributed by atoms with Crippen LogP contribution >= 0.6 is 0 Å². The molecule has 1 aromatic heterocycles. The minimum atomic E-state index is 0.171. The third-order valence-corrected chi connectivity index (χ3v) is 2.97. The van der Waals surface area contributed by atoms with Crippen molar-refractivity contribution in [2.45, 2.75) is 13.1 Å². The van der Waals surface area contributed by atoms with Crippen LogP contribution < -0.4 is 0 Å². The van der Waals surface area contributed by atoms with Crippen molar-refractivity contribution < 1.29 is 5.11 Å². The Morgan fingerprint density at radius 3 is 2.56 bits per heavy atom. The zero-order chi connectivity index (χ0) is 12.8. The fourth-order valence-corrected chi connectivity index (χ4v) is 1.98. The number of hydrogen-bond acceptors (Lipinski definition) is 3. The Morgan fingerprint density at radius 2 is 1.94 bits per heavy atom. The summed E-state index contributed by atoms with van der Waals surface area (Å²) < 4.78 is 1.87. The summed E-state index contributed by atoms with van der Waals surface area (Å²) in [6.07, 6.45) is 1.80. The highest BCUT2D eigenvalue weighted by Gasteiger charge is 2.08. The Hall–Kier alpha value is -1.65. The van der Waals surface area contributed by atoms with Crippen molar-refractivity contribution in [3.63, 3.8) is 0 Å². The predicted octanol–water partition coefficient (Wildman–Crippen LogP) is 1.41. The molecule has 0 unspecified atom stereocenters. The summed E-state index contributed by atoms with van der Waals surface area (Å²) in [5, 5.41) is 13.3. The van der Waals surface area contributed by atoms with Crippen LogP contribution in [-0.2, 0) is 20.1 Å². The van der Waals surface area contributed by atoms with Crippen LogP contribution in [0.3, 0.4) is 0 Å². The number of aryl methyl sites for hydroxylation is 1. The van der Waals surface area contributed by atoms with E-state index >= 15 is 0 Å². The first-order chi connectivity index (χ1) is 8.79. The third-order valence-electron chi connectivity index (χ3n) is 2.97. The molecule has 0 aliphatic carbocycles. The van der Waals surface area contributed by atoms with Gasteiger partial charge >= 0.3 is 0 Å². The van der Waals surface area contributed by atoms with Crippen LogP contribution in [0.1, 0.15) is 11.3 Å². The number of rotatable bonds is 6. The highest BCUT2D eigenvalue weighted by atomic mass is 16.3. The molecule has 0 radical (unpaired) electrons. The van der Waals surface area contributed by atoms with Crippen molar-refractivity contribution >= 4 is 0 Å². The molecule has 0 saturated heterocycles. The maximum absolute atomic E-state index is 9.15. The number of aromatic nitrogens is 2. The average Bonchev–Trinajstić information content (AvgIpc) is 2.77. The van der Waals surface area contributed by atoms with Gasteiger partial charge in [0.25, 0.3) is 0 Å². The molecule has 96 valence electrons. The van der Waals surface area contributed by atoms with Crippen molar-refractivity contribution in [1.29, 1.82) is 0 Å². The zero-order valence-electron chi connectivity index (χ0n) is 10.7. The van der Waals surface area contributed by atoms with Crippen LogP contribution in [0.15, 0.2) is 42.6 Å². The maximum atomic E-state index is 9.15. The van der Waals surface area contributed by atoms with Gasteiger partial charge in [0, 0.05) is 32.9 Å². The summed E-state index contributed by atoms with van der Waals surface area (Å²) in [6, 6.07) is 12.3. The highest BCUT2D eigenvalue weighted by molar-refractivity contribution is 5.14. The van der Waals surface area contributed by atoms with Gasteiger partial charge in [0.2, 0.25) is 0 Å². The molecule has 2 rings (SSSR count). The monoisotopic (exact) mass is 245 g/mol. The topological polar surface area (TPSA) is 41.3 Å². The van der Waals surface area contributed by atoms with E-state index in [4.69, 9.17) is 5.11 Å². The molecule has 0 aliphatic rings. The standard InChI is InChI=1S/C14H19N3O/c1-16-14(7-8-15-16)12-17(9-10-18)11-13-5-3-2-4-6-13/h2-8,18H,9-12H2,1H3. The van der Waals surface area contributed by atoms with Gasteiger partial charge in [-0.05, 0) is 11.6 Å². The molecular formula is C14H19N3O. The quantitative estimate of drug-likeness (QED) is 0.836. The van der Waals surface area contributed by atoms with Gasteiger partial charge in [0.15, 0.2) is 0 Å². The highest BCUT2D eigenvalue weighted by Crippen LogP contribution is 2.08. The number of aliphatic hydroxyl groups is 1. The Morgan fingerprint density at radius 1 is 1.17 bits per heavy atom. The van der Waals surface area contributed by atoms with Gasteiger partial charge in [0.05, 0.1) is 12.3 Å². The summed E-state index contributed by atoms with van der Waals surface area (Å²) in [7, 11) is 1.94. The largest absolute Gasteiger partial charge is 0.395 e. The average molecular weight is 245 g/mol. The fourth-order valence-electron chi connectivity index (χ4n) is 1.98. The molecule has 0 amide bonds. The van der Waals surface area contributed by atoms with Crippen LogP contribution in [0.4, 0.5) is 0 Å². The molecule has 0 spiro atoms. The minimum absolute atomic E-state index is 0.171. The zero-order valence-corrected chi connectivity index (χ0v) is 10.7. The van der Waals surface area contributed by atoms with Gasteiger partial charge in [-0.3, -0.25) is 9.58 Å². The van der Waals surface area contributed by atoms with Gasteiger partial charge in [-0.2, -0.15) is 5.10 Å². The van der Waals surface area contributed by atoms with Crippen LogP contribution in [-0.4, -0.2) is 32.9 Å². The van der Waals surface area contributed by atoms with Gasteiger partial charge in [-0.25, -0.2) is 0 Å². The number of nitrogens with zero attached hydrogens (tertiary/aromatic N) is 3. The lowest BCUT2D eigenvalue weighted by atomic mass is 10.2. The first-order valence-corrected chi connectivity index (χ1v) is 6.13. The smallest absolute Gasteiger partial charge is 0.0558 e. The second-order valence-corrected chi connectivity index (χ2v) is 4.37. The fraction of sp³-hybridized carbons (Fsp3) is 0.357. The number of benzene rings is 1. The van der Waals surface area contributed by atoms with Crippen molar-refractivity contribution in [1.82, 2.24) is 14.7 Å². The molecule has 1 heterocycles. The summed E-state index contributed by atoms with van der Waals surface area (Å²) in [5.41, 5.74) is 2.41. The van der Waals surface area contributed by atoms with E-state index in [1.165, 1.54) is 5.56 Å². The summed E-state index contributed by atoms with van der Waals surface area (Å²) in [6.45, 7) is 2.48. The van der Waals surface area contributed by atoms with Crippen molar-refractivity contribution in [2.75, 3.05) is 13.2 Å². The van der Waals surface area contributed by atoms with E-state index in [1.54, 1.807) is 6.20 Å². The van der Waals surface area contributed by atoms with Gasteiger partial charge in [-0.15, -0.1) is 0 Å². The van der Waals surface area contributed by atoms with E-state index in [-0.39, 0.29) is 6.61 Å². The molecule has 4 heteroatoms. The van der Waals surface area contributed by atoms with E-state index in [1.807, 2.05) is 36.0 Å². The molecule has 2 aromatic rings. The Bertz CT molecular complexity index is 467. The lowest BCUT2D eigenvalue weighted by Gasteiger charge is -2.21. The van der Waals surface area contributed by atoms with Crippen molar-refractivity contribution in [3.8, 4) is 0 Å². The molecule has 0 atom stereocenters. The van der Waals surface area contributed by atoms with Crippen LogP contribution in [0.25, 0.3) is 0 Å². The SMILES string of the molecule is Cn1nccc1CN(CCO)Cc1ccccc1. The van der Waals surface area contributed by atoms with Gasteiger partial charge in [-0.1, -0.05) is 30.3 Å². The molecule has 4 nitrogen and oxygen atoms in total. The molecule has 1 aromatic carbocycles. The molecule has 0 bridgehead atoms. The van der Waals surface area contributed by atoms with E-state index < -0.39 is 0 Å². The lowest BCUT2D eigenvalue weighted by molar-refractivity contribution is 0.181. The number of aliphatic hydroxyl groups excluding tert-OH is 1. The predicted molar refractivity (Wildman–Crippen MR) is 70.8 cm³/mol. The van der Waals surface area contributed by atoms with Crippen molar-refractivity contribution in [3.05, 3.63) is 53.9 Å². The first-order valence-electron chi connectivity index (χ1n) is 6.13. The van der Waals surface area contributed by atoms with Crippen LogP contribution in [0.2, 0.25) is 0 Å². The van der Waals surface area contributed by atoms with Crippen molar-refractivity contribution in [2.24, 2.45) is 7.05 Å². The minimum Gasteiger partial charge on any atom is -0.395 e. The Balaban J connectivity index is 2.02. The first kappa shape index (κ1) is 12.8. The molecule has 0 fully saturated rings. The molecule has 1 N–H and O–H groups in total. The van der Waals surface area contributed by atoms with Gasteiger partial charge in [0.1, 0.15) is 0 Å². The number of hydrogen-bond donors (Lipinski definition) is 1. The van der Waals surface area contributed by atoms with Gasteiger partial charge < -0.3 is 5.11 Å². The summed E-state index contributed by atoms with van der Waals surface area (Å²) in [5.74, 6) is 0. The molecule has 0 saturated carbocycles. The lowest BCUT2D eigenvalue weighted by Crippen LogP contribution is -2.27. The molecule has 18 heavy (non-hydrogen) atoms. The van der Waals surface area contributed by atoms with E-state index in [0.29, 0.717) is 6.54 Å². The second kappa shape index (κ2) is 6.33.